The van der Waals surface area contributed by atoms with E-state index in [4.69, 9.17) is 16.3 Å². The Hall–Kier alpha value is -3.90. The molecule has 2 amide bonds. The van der Waals surface area contributed by atoms with E-state index in [1.54, 1.807) is 60.7 Å². The fourth-order valence-corrected chi connectivity index (χ4v) is 3.57. The Bertz CT molecular complexity index is 1250. The van der Waals surface area contributed by atoms with Gasteiger partial charge in [0.05, 0.1) is 11.3 Å². The minimum absolute atomic E-state index is 0.0219. The Morgan fingerprint density at radius 2 is 1.61 bits per heavy atom. The number of rotatable bonds is 6. The van der Waals surface area contributed by atoms with Crippen molar-refractivity contribution < 1.29 is 19.1 Å². The summed E-state index contributed by atoms with van der Waals surface area (Å²) in [5.74, 6) is -0.856. The zero-order valence-electron chi connectivity index (χ0n) is 18.0. The van der Waals surface area contributed by atoms with Crippen molar-refractivity contribution in [3.63, 3.8) is 0 Å². The number of amides is 2. The molecule has 0 fully saturated rings. The van der Waals surface area contributed by atoms with E-state index in [9.17, 15) is 14.4 Å². The summed E-state index contributed by atoms with van der Waals surface area (Å²) in [5.41, 5.74) is 2.33. The summed E-state index contributed by atoms with van der Waals surface area (Å²) in [4.78, 5) is 38.9. The number of esters is 1. The number of hydrogen-bond acceptors (Lipinski definition) is 5. The van der Waals surface area contributed by atoms with Crippen molar-refractivity contribution in [1.29, 1.82) is 0 Å². The third-order valence-corrected chi connectivity index (χ3v) is 5.52. The molecule has 1 aliphatic heterocycles. The summed E-state index contributed by atoms with van der Waals surface area (Å²) >= 11 is 6.16. The molecule has 6 nitrogen and oxygen atoms in total. The highest BCUT2D eigenvalue weighted by molar-refractivity contribution is 6.53. The summed E-state index contributed by atoms with van der Waals surface area (Å²) in [5, 5.41) is 2.69. The zero-order valence-corrected chi connectivity index (χ0v) is 18.8. The van der Waals surface area contributed by atoms with Gasteiger partial charge in [0.2, 0.25) is 0 Å². The molecule has 166 valence electrons. The first-order chi connectivity index (χ1) is 15.8. The topological polar surface area (TPSA) is 75.7 Å². The van der Waals surface area contributed by atoms with E-state index in [0.717, 1.165) is 10.5 Å². The van der Waals surface area contributed by atoms with Crippen LogP contribution in [0.4, 0.5) is 11.4 Å². The zero-order chi connectivity index (χ0) is 23.5. The number of halogens is 1. The van der Waals surface area contributed by atoms with Crippen LogP contribution >= 0.6 is 11.6 Å². The van der Waals surface area contributed by atoms with Gasteiger partial charge in [-0.25, -0.2) is 9.69 Å². The van der Waals surface area contributed by atoms with Gasteiger partial charge in [0.15, 0.2) is 0 Å². The van der Waals surface area contributed by atoms with Crippen LogP contribution in [0.2, 0.25) is 0 Å². The van der Waals surface area contributed by atoms with Crippen LogP contribution in [0.25, 0.3) is 0 Å². The van der Waals surface area contributed by atoms with Crippen LogP contribution in [0.15, 0.2) is 89.6 Å². The minimum atomic E-state index is -0.598. The number of anilines is 2. The van der Waals surface area contributed by atoms with Crippen LogP contribution < -0.4 is 15.0 Å². The predicted octanol–water partition coefficient (Wildman–Crippen LogP) is 5.46. The molecule has 1 N–H and O–H groups in total. The minimum Gasteiger partial charge on any atom is -0.423 e. The van der Waals surface area contributed by atoms with Crippen molar-refractivity contribution in [2.45, 2.75) is 19.8 Å². The molecule has 3 aromatic carbocycles. The lowest BCUT2D eigenvalue weighted by Crippen LogP contribution is -2.32. The van der Waals surface area contributed by atoms with Crippen molar-refractivity contribution in [3.8, 4) is 5.75 Å². The highest BCUT2D eigenvalue weighted by Crippen LogP contribution is 2.30. The lowest BCUT2D eigenvalue weighted by molar-refractivity contribution is -0.120. The van der Waals surface area contributed by atoms with Crippen molar-refractivity contribution in [3.05, 3.63) is 101 Å². The Kier molecular flexibility index (Phi) is 6.29. The lowest BCUT2D eigenvalue weighted by Gasteiger charge is -2.15. The van der Waals surface area contributed by atoms with Crippen molar-refractivity contribution in [2.75, 3.05) is 10.2 Å². The van der Waals surface area contributed by atoms with Crippen LogP contribution in [0.3, 0.4) is 0 Å². The van der Waals surface area contributed by atoms with Gasteiger partial charge in [0, 0.05) is 5.69 Å². The van der Waals surface area contributed by atoms with Crippen molar-refractivity contribution >= 4 is 40.8 Å². The fourth-order valence-electron chi connectivity index (χ4n) is 3.36. The molecular formula is C26H21ClN2O4. The predicted molar refractivity (Wildman–Crippen MR) is 127 cm³/mol. The fraction of sp³-hybridized carbons (Fsp3) is 0.115. The number of ether oxygens (including phenoxy) is 1. The lowest BCUT2D eigenvalue weighted by atomic mass is 10.0. The number of carbonyl (C=O) groups is 3. The summed E-state index contributed by atoms with van der Waals surface area (Å²) in [6.45, 7) is 4.13. The SMILES string of the molecule is CC(C)c1cccc(OC(=O)c2ccc(NC3=C(Cl)C(=O)N(c4ccccc4)C3=O)cc2)c1. The third kappa shape index (κ3) is 4.66. The monoisotopic (exact) mass is 460 g/mol. The molecule has 4 rings (SSSR count). The second kappa shape index (κ2) is 9.30. The quantitative estimate of drug-likeness (QED) is 0.300. The largest absolute Gasteiger partial charge is 0.423 e. The van der Waals surface area contributed by atoms with Crippen LogP contribution in [0.1, 0.15) is 35.7 Å². The van der Waals surface area contributed by atoms with Crippen LogP contribution in [-0.2, 0) is 9.59 Å². The molecule has 0 aliphatic carbocycles. The molecule has 0 atom stereocenters. The molecule has 0 saturated carbocycles. The van der Waals surface area contributed by atoms with Gasteiger partial charge in [-0.2, -0.15) is 0 Å². The van der Waals surface area contributed by atoms with E-state index in [2.05, 4.69) is 19.2 Å². The summed E-state index contributed by atoms with van der Waals surface area (Å²) in [6, 6.07) is 22.3. The Labute approximate surface area is 196 Å². The molecule has 3 aromatic rings. The summed E-state index contributed by atoms with van der Waals surface area (Å²) in [6.07, 6.45) is 0. The molecule has 1 heterocycles. The molecule has 0 radical (unpaired) electrons. The number of nitrogens with zero attached hydrogens (tertiary/aromatic N) is 1. The maximum atomic E-state index is 12.8. The summed E-state index contributed by atoms with van der Waals surface area (Å²) in [7, 11) is 0. The van der Waals surface area contributed by atoms with Gasteiger partial charge in [-0.05, 0) is 60.0 Å². The van der Waals surface area contributed by atoms with Gasteiger partial charge >= 0.3 is 5.97 Å². The van der Waals surface area contributed by atoms with Crippen molar-refractivity contribution in [1.82, 2.24) is 0 Å². The van der Waals surface area contributed by atoms with Crippen LogP contribution in [0.5, 0.6) is 5.75 Å². The average molecular weight is 461 g/mol. The maximum absolute atomic E-state index is 12.8. The molecule has 0 bridgehead atoms. The molecule has 0 spiro atoms. The first-order valence-corrected chi connectivity index (χ1v) is 10.8. The first kappa shape index (κ1) is 22.3. The Balaban J connectivity index is 1.46. The van der Waals surface area contributed by atoms with Gasteiger partial charge in [-0.15, -0.1) is 0 Å². The molecule has 33 heavy (non-hydrogen) atoms. The van der Waals surface area contributed by atoms with Gasteiger partial charge in [-0.3, -0.25) is 9.59 Å². The second-order valence-corrected chi connectivity index (χ2v) is 8.17. The molecule has 0 unspecified atom stereocenters. The third-order valence-electron chi connectivity index (χ3n) is 5.17. The highest BCUT2D eigenvalue weighted by atomic mass is 35.5. The molecule has 7 heteroatoms. The number of benzene rings is 3. The van der Waals surface area contributed by atoms with E-state index >= 15 is 0 Å². The van der Waals surface area contributed by atoms with Gasteiger partial charge in [0.25, 0.3) is 11.8 Å². The summed E-state index contributed by atoms with van der Waals surface area (Å²) < 4.78 is 5.48. The second-order valence-electron chi connectivity index (χ2n) is 7.79. The Morgan fingerprint density at radius 1 is 0.909 bits per heavy atom. The maximum Gasteiger partial charge on any atom is 0.343 e. The van der Waals surface area contributed by atoms with E-state index in [1.807, 2.05) is 18.2 Å². The van der Waals surface area contributed by atoms with Crippen LogP contribution in [0, 0.1) is 0 Å². The number of carbonyl (C=O) groups excluding carboxylic acids is 3. The van der Waals surface area contributed by atoms with E-state index in [0.29, 0.717) is 28.6 Å². The number of nitrogens with one attached hydrogen (secondary N) is 1. The van der Waals surface area contributed by atoms with Gasteiger partial charge in [0.1, 0.15) is 16.5 Å². The Morgan fingerprint density at radius 3 is 2.27 bits per heavy atom. The highest BCUT2D eigenvalue weighted by Gasteiger charge is 2.38. The van der Waals surface area contributed by atoms with E-state index in [-0.39, 0.29) is 10.7 Å². The van der Waals surface area contributed by atoms with Crippen molar-refractivity contribution in [2.24, 2.45) is 0 Å². The van der Waals surface area contributed by atoms with Crippen LogP contribution in [-0.4, -0.2) is 17.8 Å². The standard InChI is InChI=1S/C26H21ClN2O4/c1-16(2)18-7-6-10-21(15-18)33-26(32)17-11-13-19(14-12-17)28-23-22(27)24(30)29(25(23)31)20-8-4-3-5-9-20/h3-16,28H,1-2H3. The van der Waals surface area contributed by atoms with E-state index in [1.165, 1.54) is 0 Å². The van der Waals surface area contributed by atoms with Gasteiger partial charge < -0.3 is 10.1 Å². The molecular weight excluding hydrogens is 440 g/mol. The normalized spacial score (nSPS) is 13.6. The molecule has 0 aromatic heterocycles. The molecule has 0 saturated heterocycles. The number of imide groups is 1. The average Bonchev–Trinajstić information content (AvgIpc) is 3.03. The first-order valence-electron chi connectivity index (χ1n) is 10.4. The smallest absolute Gasteiger partial charge is 0.343 e. The molecule has 1 aliphatic rings. The number of hydrogen-bond donors (Lipinski definition) is 1. The van der Waals surface area contributed by atoms with E-state index < -0.39 is 17.8 Å². The van der Waals surface area contributed by atoms with Gasteiger partial charge in [-0.1, -0.05) is 55.8 Å². The number of para-hydroxylation sites is 1.